The number of rotatable bonds is 50. The minimum absolute atomic E-state index is 0.0921. The van der Waals surface area contributed by atoms with Crippen LogP contribution in [0, 0.1) is 0 Å². The first-order valence-electron chi connectivity index (χ1n) is 28.1. The zero-order chi connectivity index (χ0) is 48.6. The number of unbranched alkanes of at least 4 members (excludes halogenated alkanes) is 25. The van der Waals surface area contributed by atoms with Gasteiger partial charge >= 0.3 is 17.9 Å². The summed E-state index contributed by atoms with van der Waals surface area (Å²) in [5.41, 5.74) is 0. The summed E-state index contributed by atoms with van der Waals surface area (Å²) in [6.07, 6.45) is 71.3. The van der Waals surface area contributed by atoms with Gasteiger partial charge in [0.25, 0.3) is 0 Å². The summed E-state index contributed by atoms with van der Waals surface area (Å²) in [6.45, 7) is 6.47. The van der Waals surface area contributed by atoms with E-state index in [4.69, 9.17) is 14.2 Å². The lowest BCUT2D eigenvalue weighted by Gasteiger charge is -2.18. The van der Waals surface area contributed by atoms with Crippen LogP contribution in [0.3, 0.4) is 0 Å². The number of ether oxygens (including phenoxy) is 3. The molecule has 67 heavy (non-hydrogen) atoms. The molecule has 0 aliphatic rings. The largest absolute Gasteiger partial charge is 0.462 e. The van der Waals surface area contributed by atoms with Crippen molar-refractivity contribution in [2.24, 2.45) is 0 Å². The highest BCUT2D eigenvalue weighted by molar-refractivity contribution is 5.71. The smallest absolute Gasteiger partial charge is 0.306 e. The van der Waals surface area contributed by atoms with E-state index in [2.05, 4.69) is 106 Å². The molecule has 6 nitrogen and oxygen atoms in total. The third-order valence-electron chi connectivity index (χ3n) is 11.9. The standard InChI is InChI=1S/C61H104O6/c1-4-7-10-13-16-19-22-25-28-30-33-36-39-42-45-48-51-54-60(63)66-57-58(56-65-59(62)53-50-47-44-41-38-35-32-27-24-21-18-15-12-9-6-3)67-61(64)55-52-49-46-43-40-37-34-31-29-26-23-20-17-14-11-8-5-2/h7,10,16-17,19-20,25-26,28-29,33-34,36-37,58H,4-6,8-9,11-15,18,21-24,27,30-32,35,38-57H2,1-3H3/b10-7-,19-16-,20-17-,28-25-,29-26-,36-33-,37-34-/t58-/m0/s1. The summed E-state index contributed by atoms with van der Waals surface area (Å²) in [5, 5.41) is 0. The SMILES string of the molecule is CC/C=C\C/C=C\C/C=C\C/C=C\CCCCCCC(=O)OC[C@H](COC(=O)CCCCCCCCCCCCCCCCC)OC(=O)CCCCCC/C=C\C/C=C\C/C=C\CCCCC. The minimum Gasteiger partial charge on any atom is -0.462 e. The second-order valence-corrected chi connectivity index (χ2v) is 18.5. The Morgan fingerprint density at radius 1 is 0.313 bits per heavy atom. The second kappa shape index (κ2) is 55.2. The fraction of sp³-hybridized carbons (Fsp3) is 0.721. The lowest BCUT2D eigenvalue weighted by atomic mass is 10.0. The van der Waals surface area contributed by atoms with Gasteiger partial charge in [0.05, 0.1) is 0 Å². The van der Waals surface area contributed by atoms with Gasteiger partial charge in [0.1, 0.15) is 13.2 Å². The molecule has 0 aromatic rings. The van der Waals surface area contributed by atoms with Gasteiger partial charge in [-0.3, -0.25) is 14.4 Å². The molecule has 0 spiro atoms. The summed E-state index contributed by atoms with van der Waals surface area (Å²) >= 11 is 0. The van der Waals surface area contributed by atoms with Crippen molar-refractivity contribution in [1.29, 1.82) is 0 Å². The number of esters is 3. The van der Waals surface area contributed by atoms with Crippen LogP contribution in [0.2, 0.25) is 0 Å². The van der Waals surface area contributed by atoms with Gasteiger partial charge in [-0.05, 0) is 96.3 Å². The van der Waals surface area contributed by atoms with Crippen molar-refractivity contribution in [3.63, 3.8) is 0 Å². The van der Waals surface area contributed by atoms with Crippen LogP contribution in [0.1, 0.15) is 265 Å². The molecule has 0 bridgehead atoms. The third kappa shape index (κ3) is 53.4. The van der Waals surface area contributed by atoms with E-state index < -0.39 is 6.10 Å². The monoisotopic (exact) mass is 933 g/mol. The molecule has 0 amide bonds. The van der Waals surface area contributed by atoms with E-state index in [0.29, 0.717) is 19.3 Å². The van der Waals surface area contributed by atoms with Crippen LogP contribution in [-0.2, 0) is 28.6 Å². The lowest BCUT2D eigenvalue weighted by molar-refractivity contribution is -0.167. The molecule has 0 fully saturated rings. The molecule has 1 atom stereocenters. The van der Waals surface area contributed by atoms with Crippen molar-refractivity contribution >= 4 is 17.9 Å². The van der Waals surface area contributed by atoms with Gasteiger partial charge in [0.15, 0.2) is 6.10 Å². The highest BCUT2D eigenvalue weighted by Gasteiger charge is 2.19. The maximum atomic E-state index is 12.8. The Morgan fingerprint density at radius 3 is 0.940 bits per heavy atom. The van der Waals surface area contributed by atoms with E-state index in [9.17, 15) is 14.4 Å². The van der Waals surface area contributed by atoms with Gasteiger partial charge in [-0.2, -0.15) is 0 Å². The van der Waals surface area contributed by atoms with Crippen molar-refractivity contribution in [2.75, 3.05) is 13.2 Å². The summed E-state index contributed by atoms with van der Waals surface area (Å²) in [7, 11) is 0. The number of carbonyl (C=O) groups is 3. The summed E-state index contributed by atoms with van der Waals surface area (Å²) in [5.74, 6) is -0.933. The van der Waals surface area contributed by atoms with Crippen LogP contribution in [0.15, 0.2) is 85.1 Å². The fourth-order valence-electron chi connectivity index (χ4n) is 7.68. The van der Waals surface area contributed by atoms with Crippen LogP contribution < -0.4 is 0 Å². The van der Waals surface area contributed by atoms with Crippen molar-refractivity contribution in [2.45, 2.75) is 271 Å². The predicted molar refractivity (Wildman–Crippen MR) is 288 cm³/mol. The molecule has 0 unspecified atom stereocenters. The number of hydrogen-bond donors (Lipinski definition) is 0. The van der Waals surface area contributed by atoms with Crippen LogP contribution >= 0.6 is 0 Å². The van der Waals surface area contributed by atoms with Gasteiger partial charge in [-0.1, -0.05) is 234 Å². The topological polar surface area (TPSA) is 78.9 Å². The first-order chi connectivity index (χ1) is 33.0. The molecule has 0 aliphatic carbocycles. The van der Waals surface area contributed by atoms with E-state index >= 15 is 0 Å². The van der Waals surface area contributed by atoms with Gasteiger partial charge in [0, 0.05) is 19.3 Å². The number of carbonyl (C=O) groups excluding carboxylic acids is 3. The van der Waals surface area contributed by atoms with E-state index in [0.717, 1.165) is 122 Å². The Morgan fingerprint density at radius 2 is 0.582 bits per heavy atom. The van der Waals surface area contributed by atoms with Crippen molar-refractivity contribution in [1.82, 2.24) is 0 Å². The van der Waals surface area contributed by atoms with E-state index in [-0.39, 0.29) is 31.1 Å². The molecule has 0 saturated carbocycles. The molecular weight excluding hydrogens is 829 g/mol. The van der Waals surface area contributed by atoms with Gasteiger partial charge < -0.3 is 14.2 Å². The first kappa shape index (κ1) is 63.6. The van der Waals surface area contributed by atoms with Crippen molar-refractivity contribution in [3.8, 4) is 0 Å². The third-order valence-corrected chi connectivity index (χ3v) is 11.9. The maximum absolute atomic E-state index is 12.8. The summed E-state index contributed by atoms with van der Waals surface area (Å²) in [4.78, 5) is 38.1. The molecule has 384 valence electrons. The average Bonchev–Trinajstić information content (AvgIpc) is 3.33. The molecule has 0 heterocycles. The Hall–Kier alpha value is -3.41. The Balaban J connectivity index is 4.47. The van der Waals surface area contributed by atoms with E-state index in [1.807, 2.05) is 0 Å². The Labute approximate surface area is 414 Å². The molecule has 0 saturated heterocycles. The lowest BCUT2D eigenvalue weighted by Crippen LogP contribution is -2.30. The highest BCUT2D eigenvalue weighted by Crippen LogP contribution is 2.15. The molecule has 0 aromatic heterocycles. The van der Waals surface area contributed by atoms with Crippen LogP contribution in [-0.4, -0.2) is 37.2 Å². The fourth-order valence-corrected chi connectivity index (χ4v) is 7.68. The molecule has 0 radical (unpaired) electrons. The first-order valence-corrected chi connectivity index (χ1v) is 28.1. The minimum atomic E-state index is -0.798. The second-order valence-electron chi connectivity index (χ2n) is 18.5. The molecule has 0 rings (SSSR count). The summed E-state index contributed by atoms with van der Waals surface area (Å²) in [6, 6.07) is 0. The quantitative estimate of drug-likeness (QED) is 0.0262. The van der Waals surface area contributed by atoms with Crippen LogP contribution in [0.4, 0.5) is 0 Å². The predicted octanol–water partition coefficient (Wildman–Crippen LogP) is 18.8. The number of allylic oxidation sites excluding steroid dienone is 14. The Kier molecular flexibility index (Phi) is 52.4. The molecule has 0 N–H and O–H groups in total. The normalized spacial score (nSPS) is 12.7. The van der Waals surface area contributed by atoms with E-state index in [1.54, 1.807) is 0 Å². The number of hydrogen-bond acceptors (Lipinski definition) is 6. The van der Waals surface area contributed by atoms with Gasteiger partial charge in [-0.15, -0.1) is 0 Å². The molecular formula is C61H104O6. The van der Waals surface area contributed by atoms with Crippen LogP contribution in [0.5, 0.6) is 0 Å². The van der Waals surface area contributed by atoms with Crippen molar-refractivity contribution < 1.29 is 28.6 Å². The molecule has 0 aromatic carbocycles. The van der Waals surface area contributed by atoms with Gasteiger partial charge in [0.2, 0.25) is 0 Å². The maximum Gasteiger partial charge on any atom is 0.306 e. The molecule has 6 heteroatoms. The zero-order valence-electron chi connectivity index (χ0n) is 43.9. The van der Waals surface area contributed by atoms with Crippen molar-refractivity contribution in [3.05, 3.63) is 85.1 Å². The summed E-state index contributed by atoms with van der Waals surface area (Å²) < 4.78 is 16.8. The van der Waals surface area contributed by atoms with Gasteiger partial charge in [-0.25, -0.2) is 0 Å². The van der Waals surface area contributed by atoms with E-state index in [1.165, 1.54) is 103 Å². The molecule has 0 aliphatic heterocycles. The average molecular weight is 933 g/mol. The zero-order valence-corrected chi connectivity index (χ0v) is 43.9. The Bertz CT molecular complexity index is 1300. The van der Waals surface area contributed by atoms with Crippen LogP contribution in [0.25, 0.3) is 0 Å². The highest BCUT2D eigenvalue weighted by atomic mass is 16.6.